The second-order valence-corrected chi connectivity index (χ2v) is 7.93. The first kappa shape index (κ1) is 23.0. The normalized spacial score (nSPS) is 13.9. The Bertz CT molecular complexity index is 1180. The number of aryl methyl sites for hydroxylation is 1. The third kappa shape index (κ3) is 4.62. The quantitative estimate of drug-likeness (QED) is 0.396. The van der Waals surface area contributed by atoms with Crippen molar-refractivity contribution in [2.75, 3.05) is 13.2 Å². The number of carboxylic acids is 1. The van der Waals surface area contributed by atoms with E-state index in [4.69, 9.17) is 9.84 Å². The van der Waals surface area contributed by atoms with E-state index in [1.165, 1.54) is 17.1 Å². The molecule has 0 aliphatic heterocycles. The van der Waals surface area contributed by atoms with E-state index in [-0.39, 0.29) is 12.5 Å². The smallest absolute Gasteiger partial charge is 0.408 e. The molecule has 2 aromatic carbocycles. The molecular formula is C24H24N4O6. The van der Waals surface area contributed by atoms with Gasteiger partial charge in [-0.05, 0) is 22.3 Å². The van der Waals surface area contributed by atoms with Crippen molar-refractivity contribution in [2.45, 2.75) is 18.0 Å². The molecule has 1 aliphatic rings. The lowest BCUT2D eigenvalue weighted by atomic mass is 9.98. The van der Waals surface area contributed by atoms with Crippen molar-refractivity contribution in [1.29, 1.82) is 0 Å². The van der Waals surface area contributed by atoms with Gasteiger partial charge in [-0.25, -0.2) is 9.59 Å². The molecule has 1 aliphatic carbocycles. The maximum Gasteiger partial charge on any atom is 0.408 e. The van der Waals surface area contributed by atoms with Crippen molar-refractivity contribution in [3.63, 3.8) is 0 Å². The van der Waals surface area contributed by atoms with E-state index >= 15 is 0 Å². The van der Waals surface area contributed by atoms with E-state index in [9.17, 15) is 19.5 Å². The highest BCUT2D eigenvalue weighted by Gasteiger charge is 2.31. The lowest BCUT2D eigenvalue weighted by Crippen LogP contribution is -2.48. The SMILES string of the molecule is Cn1cc(C(NC(=O)OCC2c3ccccc3-c3ccccc32)C(=O)N[C@@H](CO)C(=O)O)cn1. The molecule has 0 spiro atoms. The van der Waals surface area contributed by atoms with Crippen molar-refractivity contribution >= 4 is 18.0 Å². The summed E-state index contributed by atoms with van der Waals surface area (Å²) in [5.41, 5.74) is 4.60. The first-order chi connectivity index (χ1) is 16.4. The van der Waals surface area contributed by atoms with Gasteiger partial charge in [0.15, 0.2) is 0 Å². The van der Waals surface area contributed by atoms with Crippen molar-refractivity contribution in [2.24, 2.45) is 7.05 Å². The number of aliphatic hydroxyl groups is 1. The van der Waals surface area contributed by atoms with Crippen LogP contribution in [-0.4, -0.2) is 57.2 Å². The lowest BCUT2D eigenvalue weighted by molar-refractivity contribution is -0.143. The zero-order valence-electron chi connectivity index (χ0n) is 18.3. The van der Waals surface area contributed by atoms with Gasteiger partial charge < -0.3 is 25.6 Å². The highest BCUT2D eigenvalue weighted by atomic mass is 16.5. The molecule has 0 radical (unpaired) electrons. The molecule has 10 heteroatoms. The Morgan fingerprint density at radius 3 is 2.21 bits per heavy atom. The largest absolute Gasteiger partial charge is 0.480 e. The molecule has 0 fully saturated rings. The van der Waals surface area contributed by atoms with Gasteiger partial charge in [-0.2, -0.15) is 5.10 Å². The Kier molecular flexibility index (Phi) is 6.60. The topological polar surface area (TPSA) is 143 Å². The van der Waals surface area contributed by atoms with E-state index < -0.39 is 36.7 Å². The molecule has 1 aromatic heterocycles. The number of carbonyl (C=O) groups excluding carboxylic acids is 2. The molecule has 0 bridgehead atoms. The van der Waals surface area contributed by atoms with Crippen LogP contribution in [0.15, 0.2) is 60.9 Å². The third-order valence-electron chi connectivity index (χ3n) is 5.72. The number of benzene rings is 2. The van der Waals surface area contributed by atoms with E-state index in [1.807, 2.05) is 48.5 Å². The van der Waals surface area contributed by atoms with E-state index in [2.05, 4.69) is 15.7 Å². The Hall–Kier alpha value is -4.18. The lowest BCUT2D eigenvalue weighted by Gasteiger charge is -2.20. The molecule has 2 atom stereocenters. The molecule has 3 aromatic rings. The minimum absolute atomic E-state index is 0.0512. The second-order valence-electron chi connectivity index (χ2n) is 7.93. The summed E-state index contributed by atoms with van der Waals surface area (Å²) in [6, 6.07) is 13.0. The van der Waals surface area contributed by atoms with Crippen LogP contribution in [0.1, 0.15) is 28.7 Å². The number of aliphatic hydroxyl groups excluding tert-OH is 1. The predicted octanol–water partition coefficient (Wildman–Crippen LogP) is 1.56. The first-order valence-electron chi connectivity index (χ1n) is 10.6. The molecule has 2 amide bonds. The molecule has 10 nitrogen and oxygen atoms in total. The Morgan fingerprint density at radius 1 is 1.06 bits per heavy atom. The number of nitrogens with one attached hydrogen (secondary N) is 2. The summed E-state index contributed by atoms with van der Waals surface area (Å²) >= 11 is 0. The minimum atomic E-state index is -1.52. The van der Waals surface area contributed by atoms with Crippen LogP contribution in [0.3, 0.4) is 0 Å². The monoisotopic (exact) mass is 464 g/mol. The van der Waals surface area contributed by atoms with Crippen molar-refractivity contribution in [3.05, 3.63) is 77.6 Å². The van der Waals surface area contributed by atoms with Gasteiger partial charge in [0.05, 0.1) is 12.8 Å². The number of hydrogen-bond acceptors (Lipinski definition) is 6. The van der Waals surface area contributed by atoms with Crippen molar-refractivity contribution < 1.29 is 29.3 Å². The van der Waals surface area contributed by atoms with E-state index in [0.717, 1.165) is 22.3 Å². The van der Waals surface area contributed by atoms with Crippen LogP contribution >= 0.6 is 0 Å². The number of alkyl carbamates (subject to hydrolysis) is 1. The van der Waals surface area contributed by atoms with Crippen LogP contribution in [-0.2, 0) is 21.4 Å². The fourth-order valence-corrected chi connectivity index (χ4v) is 4.09. The summed E-state index contributed by atoms with van der Waals surface area (Å²) in [4.78, 5) is 36.7. The van der Waals surface area contributed by atoms with Crippen molar-refractivity contribution in [1.82, 2.24) is 20.4 Å². The number of fused-ring (bicyclic) bond motifs is 3. The highest BCUT2D eigenvalue weighted by Crippen LogP contribution is 2.44. The van der Waals surface area contributed by atoms with E-state index in [0.29, 0.717) is 5.56 Å². The van der Waals surface area contributed by atoms with Gasteiger partial charge in [0.1, 0.15) is 18.7 Å². The standard InChI is InChI=1S/C24H24N4O6/c1-28-11-14(10-25-28)21(22(30)26-20(12-29)23(31)32)27-24(33)34-13-19-17-8-4-2-6-15(17)16-7-3-5-9-18(16)19/h2-11,19-21,29H,12-13H2,1H3,(H,26,30)(H,27,33)(H,31,32)/t20-,21?/m0/s1. The Balaban J connectivity index is 1.48. The van der Waals surface area contributed by atoms with Gasteiger partial charge in [0, 0.05) is 24.7 Å². The predicted molar refractivity (Wildman–Crippen MR) is 121 cm³/mol. The molecule has 176 valence electrons. The maximum absolute atomic E-state index is 12.8. The van der Waals surface area contributed by atoms with Gasteiger partial charge in [-0.1, -0.05) is 48.5 Å². The molecule has 1 heterocycles. The number of nitrogens with zero attached hydrogens (tertiary/aromatic N) is 2. The van der Waals surface area contributed by atoms with Crippen LogP contribution in [0.25, 0.3) is 11.1 Å². The fraction of sp³-hybridized carbons (Fsp3) is 0.250. The Labute approximate surface area is 195 Å². The van der Waals surface area contributed by atoms with Gasteiger partial charge in [-0.15, -0.1) is 0 Å². The number of carbonyl (C=O) groups is 3. The maximum atomic E-state index is 12.8. The summed E-state index contributed by atoms with van der Waals surface area (Å²) in [5.74, 6) is -2.38. The molecule has 0 saturated carbocycles. The average Bonchev–Trinajstić information content (AvgIpc) is 3.40. The summed E-state index contributed by atoms with van der Waals surface area (Å²) in [5, 5.41) is 27.0. The number of carboxylic acid groups (broad SMARTS) is 1. The van der Waals surface area contributed by atoms with E-state index in [1.54, 1.807) is 7.05 Å². The molecule has 1 unspecified atom stereocenters. The zero-order chi connectivity index (χ0) is 24.2. The number of hydrogen-bond donors (Lipinski definition) is 4. The van der Waals surface area contributed by atoms with Crippen LogP contribution < -0.4 is 10.6 Å². The molecular weight excluding hydrogens is 440 g/mol. The van der Waals surface area contributed by atoms with Gasteiger partial charge in [-0.3, -0.25) is 9.48 Å². The minimum Gasteiger partial charge on any atom is -0.480 e. The molecule has 4 rings (SSSR count). The summed E-state index contributed by atoms with van der Waals surface area (Å²) in [6.07, 6.45) is 2.05. The third-order valence-corrected chi connectivity index (χ3v) is 5.72. The summed E-state index contributed by atoms with van der Waals surface area (Å²) < 4.78 is 6.94. The molecule has 0 saturated heterocycles. The second kappa shape index (κ2) is 9.75. The first-order valence-corrected chi connectivity index (χ1v) is 10.6. The number of aliphatic carboxylic acids is 1. The Morgan fingerprint density at radius 2 is 1.68 bits per heavy atom. The summed E-state index contributed by atoms with van der Waals surface area (Å²) in [7, 11) is 1.64. The summed E-state index contributed by atoms with van der Waals surface area (Å²) in [6.45, 7) is -0.749. The van der Waals surface area contributed by atoms with Gasteiger partial charge in [0.2, 0.25) is 5.91 Å². The van der Waals surface area contributed by atoms with Gasteiger partial charge >= 0.3 is 12.1 Å². The van der Waals surface area contributed by atoms with Crippen molar-refractivity contribution in [3.8, 4) is 11.1 Å². The molecule has 34 heavy (non-hydrogen) atoms. The fourth-order valence-electron chi connectivity index (χ4n) is 4.09. The van der Waals surface area contributed by atoms with Crippen LogP contribution in [0.2, 0.25) is 0 Å². The number of amides is 2. The molecule has 4 N–H and O–H groups in total. The van der Waals surface area contributed by atoms with Gasteiger partial charge in [0.25, 0.3) is 0 Å². The van der Waals surface area contributed by atoms with Crippen LogP contribution in [0.5, 0.6) is 0 Å². The number of ether oxygens (including phenoxy) is 1. The van der Waals surface area contributed by atoms with Crippen LogP contribution in [0.4, 0.5) is 4.79 Å². The van der Waals surface area contributed by atoms with Crippen LogP contribution in [0, 0.1) is 0 Å². The zero-order valence-corrected chi connectivity index (χ0v) is 18.3. The number of aromatic nitrogens is 2. The average molecular weight is 464 g/mol. The highest BCUT2D eigenvalue weighted by molar-refractivity contribution is 5.90. The number of rotatable bonds is 8.